The van der Waals surface area contributed by atoms with Crippen LogP contribution in [0.1, 0.15) is 52.5 Å². The van der Waals surface area contributed by atoms with E-state index < -0.39 is 8.32 Å². The van der Waals surface area contributed by atoms with Gasteiger partial charge in [-0.15, -0.1) is 0 Å². The van der Waals surface area contributed by atoms with Crippen molar-refractivity contribution in [1.29, 1.82) is 0 Å². The van der Waals surface area contributed by atoms with E-state index in [1.54, 1.807) is 0 Å². The molecule has 27 heavy (non-hydrogen) atoms. The summed E-state index contributed by atoms with van der Waals surface area (Å²) >= 11 is 0. The zero-order chi connectivity index (χ0) is 20.1. The molecule has 0 unspecified atom stereocenters. The number of esters is 1. The molecule has 0 saturated heterocycles. The molecule has 0 saturated carbocycles. The van der Waals surface area contributed by atoms with Crippen molar-refractivity contribution in [2.45, 2.75) is 77.8 Å². The molecule has 0 heterocycles. The maximum absolute atomic E-state index is 11.5. The van der Waals surface area contributed by atoms with Crippen LogP contribution in [0.3, 0.4) is 0 Å². The molecule has 1 rings (SSSR count). The third-order valence-corrected chi connectivity index (χ3v) is 10.2. The fourth-order valence-electron chi connectivity index (χ4n) is 3.37. The standard InChI is InChI=1S/C22H38O4Si/c1-6-27(7-2,8-3)26-21(15-12-16-22(23)24-5)19(4)17-25-18-20-13-10-9-11-14-20/h9-11,13-14,19,21H,6-8,12,15-18H2,1-5H3/t19-,21+/m0/s1. The minimum atomic E-state index is -1.70. The van der Waals surface area contributed by atoms with Gasteiger partial charge in [-0.2, -0.15) is 0 Å². The summed E-state index contributed by atoms with van der Waals surface area (Å²) in [6.07, 6.45) is 2.26. The summed E-state index contributed by atoms with van der Waals surface area (Å²) in [7, 11) is -0.260. The van der Waals surface area contributed by atoms with Gasteiger partial charge >= 0.3 is 5.97 Å². The first-order valence-electron chi connectivity index (χ1n) is 10.4. The van der Waals surface area contributed by atoms with E-state index in [1.807, 2.05) is 18.2 Å². The molecule has 0 bridgehead atoms. The molecule has 4 nitrogen and oxygen atoms in total. The lowest BCUT2D eigenvalue weighted by Crippen LogP contribution is -2.43. The number of ether oxygens (including phenoxy) is 2. The molecule has 1 aromatic carbocycles. The van der Waals surface area contributed by atoms with E-state index in [0.717, 1.165) is 31.0 Å². The Hall–Kier alpha value is -1.17. The number of carbonyl (C=O) groups is 1. The highest BCUT2D eigenvalue weighted by molar-refractivity contribution is 6.73. The van der Waals surface area contributed by atoms with Gasteiger partial charge in [0.1, 0.15) is 0 Å². The SMILES string of the molecule is CC[Si](CC)(CC)O[C@H](CCCC(=O)OC)[C@@H](C)COCc1ccccc1. The van der Waals surface area contributed by atoms with Crippen LogP contribution in [0, 0.1) is 5.92 Å². The number of hydrogen-bond acceptors (Lipinski definition) is 4. The minimum Gasteiger partial charge on any atom is -0.469 e. The van der Waals surface area contributed by atoms with Crippen molar-refractivity contribution >= 4 is 14.3 Å². The average molecular weight is 395 g/mol. The van der Waals surface area contributed by atoms with Gasteiger partial charge in [-0.1, -0.05) is 58.0 Å². The molecule has 0 N–H and O–H groups in total. The molecule has 0 spiro atoms. The van der Waals surface area contributed by atoms with Gasteiger partial charge in [0.25, 0.3) is 0 Å². The summed E-state index contributed by atoms with van der Waals surface area (Å²) in [4.78, 5) is 11.5. The van der Waals surface area contributed by atoms with E-state index in [4.69, 9.17) is 13.9 Å². The smallest absolute Gasteiger partial charge is 0.305 e. The van der Waals surface area contributed by atoms with Crippen LogP contribution in [0.5, 0.6) is 0 Å². The summed E-state index contributed by atoms with van der Waals surface area (Å²) < 4.78 is 17.5. The van der Waals surface area contributed by atoms with E-state index in [9.17, 15) is 4.79 Å². The maximum atomic E-state index is 11.5. The number of benzene rings is 1. The van der Waals surface area contributed by atoms with Crippen LogP contribution in [-0.2, 0) is 25.3 Å². The molecule has 0 amide bonds. The first kappa shape index (κ1) is 23.9. The molecule has 154 valence electrons. The van der Waals surface area contributed by atoms with E-state index in [-0.39, 0.29) is 12.1 Å². The zero-order valence-electron chi connectivity index (χ0n) is 17.8. The summed E-state index contributed by atoms with van der Waals surface area (Å²) in [6.45, 7) is 10.2. The third kappa shape index (κ3) is 8.58. The van der Waals surface area contributed by atoms with Crippen molar-refractivity contribution in [2.24, 2.45) is 5.92 Å². The van der Waals surface area contributed by atoms with Crippen molar-refractivity contribution in [1.82, 2.24) is 0 Å². The van der Waals surface area contributed by atoms with Crippen LogP contribution in [0.15, 0.2) is 30.3 Å². The monoisotopic (exact) mass is 394 g/mol. The van der Waals surface area contributed by atoms with Gasteiger partial charge in [0, 0.05) is 18.4 Å². The summed E-state index contributed by atoms with van der Waals surface area (Å²) in [6, 6.07) is 13.6. The molecule has 1 aromatic rings. The first-order chi connectivity index (χ1) is 13.0. The summed E-state index contributed by atoms with van der Waals surface area (Å²) in [5.41, 5.74) is 1.19. The lowest BCUT2D eigenvalue weighted by Gasteiger charge is -2.36. The molecule has 0 aliphatic carbocycles. The van der Waals surface area contributed by atoms with Crippen molar-refractivity contribution in [3.63, 3.8) is 0 Å². The quantitative estimate of drug-likeness (QED) is 0.305. The maximum Gasteiger partial charge on any atom is 0.305 e. The van der Waals surface area contributed by atoms with Gasteiger partial charge < -0.3 is 13.9 Å². The van der Waals surface area contributed by atoms with Crippen LogP contribution < -0.4 is 0 Å². The number of hydrogen-bond donors (Lipinski definition) is 0. The first-order valence-corrected chi connectivity index (χ1v) is 12.9. The predicted molar refractivity (Wildman–Crippen MR) is 113 cm³/mol. The number of rotatable bonds is 14. The predicted octanol–water partition coefficient (Wildman–Crippen LogP) is 5.57. The van der Waals surface area contributed by atoms with Gasteiger partial charge in [-0.05, 0) is 36.5 Å². The van der Waals surface area contributed by atoms with E-state index in [1.165, 1.54) is 12.7 Å². The normalized spacial score (nSPS) is 14.0. The Morgan fingerprint density at radius 3 is 2.26 bits per heavy atom. The Morgan fingerprint density at radius 2 is 1.70 bits per heavy atom. The molecule has 0 aliphatic rings. The van der Waals surface area contributed by atoms with E-state index >= 15 is 0 Å². The van der Waals surface area contributed by atoms with Gasteiger partial charge in [0.15, 0.2) is 8.32 Å². The van der Waals surface area contributed by atoms with Gasteiger partial charge in [-0.3, -0.25) is 4.79 Å². The highest BCUT2D eigenvalue weighted by Crippen LogP contribution is 2.28. The molecule has 2 atom stereocenters. The third-order valence-electron chi connectivity index (χ3n) is 5.56. The van der Waals surface area contributed by atoms with Crippen LogP contribution in [0.4, 0.5) is 0 Å². The number of methoxy groups -OCH3 is 1. The highest BCUT2D eigenvalue weighted by Gasteiger charge is 2.33. The van der Waals surface area contributed by atoms with Crippen LogP contribution in [-0.4, -0.2) is 34.1 Å². The molecule has 0 aromatic heterocycles. The van der Waals surface area contributed by atoms with Crippen molar-refractivity contribution in [2.75, 3.05) is 13.7 Å². The topological polar surface area (TPSA) is 44.8 Å². The van der Waals surface area contributed by atoms with Crippen LogP contribution in [0.25, 0.3) is 0 Å². The van der Waals surface area contributed by atoms with Crippen LogP contribution in [0.2, 0.25) is 18.1 Å². The molecule has 0 aliphatic heterocycles. The Kier molecular flexibility index (Phi) is 11.6. The largest absolute Gasteiger partial charge is 0.469 e. The second-order valence-electron chi connectivity index (χ2n) is 7.35. The molecule has 0 radical (unpaired) electrons. The van der Waals surface area contributed by atoms with Gasteiger partial charge in [0.05, 0.1) is 20.3 Å². The lowest BCUT2D eigenvalue weighted by atomic mass is 10.0. The molecule has 0 fully saturated rings. The lowest BCUT2D eigenvalue weighted by molar-refractivity contribution is -0.140. The van der Waals surface area contributed by atoms with Gasteiger partial charge in [-0.25, -0.2) is 0 Å². The Morgan fingerprint density at radius 1 is 1.07 bits per heavy atom. The fourth-order valence-corrected chi connectivity index (χ4v) is 6.37. The van der Waals surface area contributed by atoms with E-state index in [0.29, 0.717) is 25.6 Å². The van der Waals surface area contributed by atoms with Crippen molar-refractivity contribution in [3.8, 4) is 0 Å². The zero-order valence-corrected chi connectivity index (χ0v) is 18.8. The second kappa shape index (κ2) is 13.1. The van der Waals surface area contributed by atoms with E-state index in [2.05, 4.69) is 39.8 Å². The fraction of sp³-hybridized carbons (Fsp3) is 0.682. The molecular formula is C22H38O4Si. The van der Waals surface area contributed by atoms with Crippen LogP contribution >= 0.6 is 0 Å². The minimum absolute atomic E-state index is 0.136. The summed E-state index contributed by atoms with van der Waals surface area (Å²) in [5, 5.41) is 0. The average Bonchev–Trinajstić information content (AvgIpc) is 2.71. The van der Waals surface area contributed by atoms with Gasteiger partial charge in [0.2, 0.25) is 0 Å². The number of carbonyl (C=O) groups excluding carboxylic acids is 1. The second-order valence-corrected chi connectivity index (χ2v) is 12.1. The Labute approximate surface area is 166 Å². The Bertz CT molecular complexity index is 508. The van der Waals surface area contributed by atoms with Crippen molar-refractivity contribution in [3.05, 3.63) is 35.9 Å². The molecule has 5 heteroatoms. The molecular weight excluding hydrogens is 356 g/mol. The summed E-state index contributed by atoms with van der Waals surface area (Å²) in [5.74, 6) is 0.148. The van der Waals surface area contributed by atoms with Crippen molar-refractivity contribution < 1.29 is 18.7 Å². The highest BCUT2D eigenvalue weighted by atomic mass is 28.4. The Balaban J connectivity index is 2.64.